The molecule has 1 aromatic carbocycles. The van der Waals surface area contributed by atoms with E-state index in [0.717, 1.165) is 13.0 Å². The second-order valence-corrected chi connectivity index (χ2v) is 4.31. The van der Waals surface area contributed by atoms with Gasteiger partial charge in [0.1, 0.15) is 0 Å². The average molecular weight is 237 g/mol. The van der Waals surface area contributed by atoms with Crippen LogP contribution in [-0.2, 0) is 15.9 Å². The molecule has 2 unspecified atom stereocenters. The molecule has 0 saturated carbocycles. The van der Waals surface area contributed by atoms with Crippen molar-refractivity contribution < 1.29 is 9.47 Å². The molecule has 0 spiro atoms. The highest BCUT2D eigenvalue weighted by Crippen LogP contribution is 2.02. The summed E-state index contributed by atoms with van der Waals surface area (Å²) >= 11 is 0. The smallest absolute Gasteiger partial charge is 0.0928 e. The zero-order valence-corrected chi connectivity index (χ0v) is 11.0. The normalized spacial score (nSPS) is 14.5. The molecule has 0 saturated heterocycles. The molecule has 0 heterocycles. The van der Waals surface area contributed by atoms with Crippen molar-refractivity contribution in [3.63, 3.8) is 0 Å². The lowest BCUT2D eigenvalue weighted by atomic mass is 10.1. The number of ether oxygens (including phenoxy) is 2. The van der Waals surface area contributed by atoms with Gasteiger partial charge in [-0.3, -0.25) is 0 Å². The quantitative estimate of drug-likeness (QED) is 0.748. The summed E-state index contributed by atoms with van der Waals surface area (Å²) in [5, 5.41) is 3.46. The van der Waals surface area contributed by atoms with Gasteiger partial charge in [0.15, 0.2) is 0 Å². The van der Waals surface area contributed by atoms with Gasteiger partial charge < -0.3 is 14.8 Å². The largest absolute Gasteiger partial charge is 0.382 e. The van der Waals surface area contributed by atoms with Crippen molar-refractivity contribution in [1.82, 2.24) is 5.32 Å². The van der Waals surface area contributed by atoms with Crippen LogP contribution in [0.5, 0.6) is 0 Å². The third-order valence-electron chi connectivity index (χ3n) is 2.76. The van der Waals surface area contributed by atoms with E-state index in [1.807, 2.05) is 6.07 Å². The molecule has 0 bridgehead atoms. The average Bonchev–Trinajstić information content (AvgIpc) is 2.35. The van der Waals surface area contributed by atoms with E-state index in [9.17, 15) is 0 Å². The highest BCUT2D eigenvalue weighted by Gasteiger charge is 2.09. The first kappa shape index (κ1) is 14.2. The molecule has 1 aromatic rings. The summed E-state index contributed by atoms with van der Waals surface area (Å²) in [6.45, 7) is 3.63. The van der Waals surface area contributed by atoms with Gasteiger partial charge in [0.25, 0.3) is 0 Å². The molecular formula is C14H23NO2. The fourth-order valence-electron chi connectivity index (χ4n) is 1.77. The SMILES string of the molecule is COCC(CNC(C)Cc1ccccc1)OC. The molecule has 3 nitrogen and oxygen atoms in total. The minimum atomic E-state index is 0.123. The maximum absolute atomic E-state index is 5.30. The Balaban J connectivity index is 2.27. The van der Waals surface area contributed by atoms with Crippen molar-refractivity contribution in [2.24, 2.45) is 0 Å². The third-order valence-corrected chi connectivity index (χ3v) is 2.76. The van der Waals surface area contributed by atoms with Crippen LogP contribution < -0.4 is 5.32 Å². The second kappa shape index (κ2) is 8.23. The predicted molar refractivity (Wildman–Crippen MR) is 70.3 cm³/mol. The van der Waals surface area contributed by atoms with Gasteiger partial charge in [0.05, 0.1) is 12.7 Å². The Morgan fingerprint density at radius 1 is 1.18 bits per heavy atom. The number of nitrogens with one attached hydrogen (secondary N) is 1. The molecule has 96 valence electrons. The maximum Gasteiger partial charge on any atom is 0.0928 e. The number of benzene rings is 1. The Kier molecular flexibility index (Phi) is 6.86. The van der Waals surface area contributed by atoms with Crippen molar-refractivity contribution in [3.8, 4) is 0 Å². The zero-order valence-electron chi connectivity index (χ0n) is 11.0. The van der Waals surface area contributed by atoms with E-state index >= 15 is 0 Å². The Morgan fingerprint density at radius 2 is 1.88 bits per heavy atom. The van der Waals surface area contributed by atoms with E-state index in [4.69, 9.17) is 9.47 Å². The molecule has 2 atom stereocenters. The van der Waals surface area contributed by atoms with E-state index < -0.39 is 0 Å². The summed E-state index contributed by atoms with van der Waals surface area (Å²) in [6.07, 6.45) is 1.16. The molecule has 1 N–H and O–H groups in total. The molecule has 0 radical (unpaired) electrons. The summed E-state index contributed by atoms with van der Waals surface area (Å²) in [7, 11) is 3.41. The van der Waals surface area contributed by atoms with E-state index in [-0.39, 0.29) is 6.10 Å². The van der Waals surface area contributed by atoms with Gasteiger partial charge in [-0.2, -0.15) is 0 Å². The summed E-state index contributed by atoms with van der Waals surface area (Å²) in [6, 6.07) is 10.9. The first-order valence-electron chi connectivity index (χ1n) is 6.05. The van der Waals surface area contributed by atoms with Crippen LogP contribution in [0.4, 0.5) is 0 Å². The van der Waals surface area contributed by atoms with Crippen molar-refractivity contribution in [1.29, 1.82) is 0 Å². The molecule has 0 aliphatic rings. The van der Waals surface area contributed by atoms with Crippen molar-refractivity contribution >= 4 is 0 Å². The van der Waals surface area contributed by atoms with E-state index in [2.05, 4.69) is 36.5 Å². The lowest BCUT2D eigenvalue weighted by Crippen LogP contribution is -2.37. The van der Waals surface area contributed by atoms with Crippen LogP contribution >= 0.6 is 0 Å². The molecule has 0 fully saturated rings. The minimum Gasteiger partial charge on any atom is -0.382 e. The molecule has 1 rings (SSSR count). The number of hydrogen-bond donors (Lipinski definition) is 1. The topological polar surface area (TPSA) is 30.5 Å². The van der Waals surface area contributed by atoms with Crippen LogP contribution in [0.25, 0.3) is 0 Å². The number of hydrogen-bond acceptors (Lipinski definition) is 3. The maximum atomic E-state index is 5.30. The first-order valence-corrected chi connectivity index (χ1v) is 6.05. The van der Waals surface area contributed by atoms with Crippen LogP contribution in [0.3, 0.4) is 0 Å². The van der Waals surface area contributed by atoms with Gasteiger partial charge >= 0.3 is 0 Å². The second-order valence-electron chi connectivity index (χ2n) is 4.31. The van der Waals surface area contributed by atoms with Crippen LogP contribution in [0.1, 0.15) is 12.5 Å². The fourth-order valence-corrected chi connectivity index (χ4v) is 1.77. The van der Waals surface area contributed by atoms with Crippen LogP contribution in [0.15, 0.2) is 30.3 Å². The molecule has 0 aromatic heterocycles. The number of methoxy groups -OCH3 is 2. The van der Waals surface area contributed by atoms with Crippen molar-refractivity contribution in [2.75, 3.05) is 27.4 Å². The standard InChI is InChI=1S/C14H23NO2/c1-12(9-13-7-5-4-6-8-13)15-10-14(17-3)11-16-2/h4-8,12,14-15H,9-11H2,1-3H3. The monoisotopic (exact) mass is 237 g/mol. The molecule has 3 heteroatoms. The van der Waals surface area contributed by atoms with Crippen LogP contribution in [0, 0.1) is 0 Å². The summed E-state index contributed by atoms with van der Waals surface area (Å²) in [5.74, 6) is 0. The Labute approximate surface area is 104 Å². The fraction of sp³-hybridized carbons (Fsp3) is 0.571. The van der Waals surface area contributed by atoms with Crippen LogP contribution in [-0.4, -0.2) is 39.5 Å². The minimum absolute atomic E-state index is 0.123. The molecule has 17 heavy (non-hydrogen) atoms. The Hall–Kier alpha value is -0.900. The Morgan fingerprint density at radius 3 is 2.47 bits per heavy atom. The predicted octanol–water partition coefficient (Wildman–Crippen LogP) is 1.87. The van der Waals surface area contributed by atoms with Crippen LogP contribution in [0.2, 0.25) is 0 Å². The van der Waals surface area contributed by atoms with Gasteiger partial charge in [-0.25, -0.2) is 0 Å². The number of rotatable bonds is 8. The van der Waals surface area contributed by atoms with E-state index in [0.29, 0.717) is 12.6 Å². The Bertz CT molecular complexity index is 290. The van der Waals surface area contributed by atoms with Gasteiger partial charge in [0, 0.05) is 26.8 Å². The summed E-state index contributed by atoms with van der Waals surface area (Å²) in [4.78, 5) is 0. The molecule has 0 aliphatic carbocycles. The summed E-state index contributed by atoms with van der Waals surface area (Å²) in [5.41, 5.74) is 1.35. The highest BCUT2D eigenvalue weighted by atomic mass is 16.5. The van der Waals surface area contributed by atoms with E-state index in [1.54, 1.807) is 14.2 Å². The highest BCUT2D eigenvalue weighted by molar-refractivity contribution is 5.15. The lowest BCUT2D eigenvalue weighted by molar-refractivity contribution is 0.0276. The van der Waals surface area contributed by atoms with Gasteiger partial charge in [-0.05, 0) is 18.9 Å². The molecule has 0 aliphatic heterocycles. The lowest BCUT2D eigenvalue weighted by Gasteiger charge is -2.19. The van der Waals surface area contributed by atoms with Gasteiger partial charge in [-0.1, -0.05) is 30.3 Å². The third kappa shape index (κ3) is 5.82. The first-order chi connectivity index (χ1) is 8.26. The summed E-state index contributed by atoms with van der Waals surface area (Å²) < 4.78 is 10.4. The van der Waals surface area contributed by atoms with Crippen molar-refractivity contribution in [2.45, 2.75) is 25.5 Å². The molecule has 0 amide bonds. The van der Waals surface area contributed by atoms with Crippen molar-refractivity contribution in [3.05, 3.63) is 35.9 Å². The van der Waals surface area contributed by atoms with Gasteiger partial charge in [0.2, 0.25) is 0 Å². The zero-order chi connectivity index (χ0) is 12.5. The van der Waals surface area contributed by atoms with E-state index in [1.165, 1.54) is 5.56 Å². The van der Waals surface area contributed by atoms with Gasteiger partial charge in [-0.15, -0.1) is 0 Å². The molecular weight excluding hydrogens is 214 g/mol.